The second-order valence-corrected chi connectivity index (χ2v) is 8.27. The van der Waals surface area contributed by atoms with Gasteiger partial charge in [-0.1, -0.05) is 71.7 Å². The summed E-state index contributed by atoms with van der Waals surface area (Å²) in [6, 6.07) is 23.3. The number of benzene rings is 3. The molecule has 5 rings (SSSR count). The molecule has 2 heterocycles. The van der Waals surface area contributed by atoms with Gasteiger partial charge in [-0.2, -0.15) is 5.10 Å². The number of ether oxygens (including phenoxy) is 2. The summed E-state index contributed by atoms with van der Waals surface area (Å²) in [4.78, 5) is 12.5. The molecule has 0 atom stereocenters. The third kappa shape index (κ3) is 3.90. The third-order valence-electron chi connectivity index (χ3n) is 5.45. The molecule has 0 bridgehead atoms. The van der Waals surface area contributed by atoms with Crippen molar-refractivity contribution in [3.05, 3.63) is 100 Å². The molecule has 0 unspecified atom stereocenters. The molecule has 2 aromatic heterocycles. The fourth-order valence-electron chi connectivity index (χ4n) is 3.88. The topological polar surface area (TPSA) is 52.8 Å². The molecule has 0 saturated carbocycles. The molecule has 7 heteroatoms. The van der Waals surface area contributed by atoms with Crippen LogP contribution in [0.15, 0.2) is 79.0 Å². The van der Waals surface area contributed by atoms with Gasteiger partial charge in [-0.3, -0.25) is 0 Å². The minimum Gasteiger partial charge on any atom is -0.485 e. The number of methoxy groups -OCH3 is 1. The van der Waals surface area contributed by atoms with Gasteiger partial charge in [-0.05, 0) is 41.0 Å². The Balaban J connectivity index is 1.75. The molecule has 5 aromatic rings. The van der Waals surface area contributed by atoms with E-state index in [2.05, 4.69) is 5.10 Å². The predicted molar refractivity (Wildman–Crippen MR) is 130 cm³/mol. The van der Waals surface area contributed by atoms with Crippen LogP contribution in [0.1, 0.15) is 15.9 Å². The number of fused-ring (bicyclic) bond motifs is 3. The van der Waals surface area contributed by atoms with E-state index in [0.29, 0.717) is 28.5 Å². The van der Waals surface area contributed by atoms with Crippen LogP contribution in [0.3, 0.4) is 0 Å². The van der Waals surface area contributed by atoms with Crippen LogP contribution < -0.4 is 4.74 Å². The van der Waals surface area contributed by atoms with Crippen molar-refractivity contribution in [2.24, 2.45) is 0 Å². The molecule has 0 spiro atoms. The highest BCUT2D eigenvalue weighted by Gasteiger charge is 2.22. The van der Waals surface area contributed by atoms with E-state index in [0.717, 1.165) is 27.5 Å². The number of nitrogens with zero attached hydrogens (tertiary/aromatic N) is 2. The van der Waals surface area contributed by atoms with E-state index in [1.54, 1.807) is 0 Å². The standard InChI is InChI=1S/C26H18Cl2N2O3/c1-32-26(31)22-14-29-30-23(22)21-13-18(17-8-5-9-19(27)12-17)10-11-20(21)24(25(30)28)33-15-16-6-3-2-4-7-16/h2-14H,15H2,1H3. The fraction of sp³-hybridized carbons (Fsp3) is 0.0769. The Bertz CT molecular complexity index is 1500. The van der Waals surface area contributed by atoms with Gasteiger partial charge in [-0.25, -0.2) is 9.31 Å². The van der Waals surface area contributed by atoms with Gasteiger partial charge in [0.25, 0.3) is 0 Å². The van der Waals surface area contributed by atoms with Crippen molar-refractivity contribution in [2.75, 3.05) is 7.11 Å². The summed E-state index contributed by atoms with van der Waals surface area (Å²) in [5.41, 5.74) is 3.76. The number of rotatable bonds is 5. The average molecular weight is 477 g/mol. The largest absolute Gasteiger partial charge is 0.485 e. The SMILES string of the molecule is COC(=O)c1cnn2c(Cl)c(OCc3ccccc3)c3ccc(-c4cccc(Cl)c4)cc3c12. The summed E-state index contributed by atoms with van der Waals surface area (Å²) >= 11 is 12.9. The zero-order chi connectivity index (χ0) is 22.9. The molecule has 0 aliphatic heterocycles. The maximum Gasteiger partial charge on any atom is 0.341 e. The van der Waals surface area contributed by atoms with Crippen molar-refractivity contribution in [3.8, 4) is 16.9 Å². The number of halogens is 2. The highest BCUT2D eigenvalue weighted by molar-refractivity contribution is 6.33. The maximum atomic E-state index is 12.5. The molecule has 0 saturated heterocycles. The minimum atomic E-state index is -0.492. The Hall–Kier alpha value is -3.54. The van der Waals surface area contributed by atoms with Crippen LogP contribution >= 0.6 is 23.2 Å². The Morgan fingerprint density at radius 2 is 1.73 bits per heavy atom. The first kappa shape index (κ1) is 21.3. The van der Waals surface area contributed by atoms with Gasteiger partial charge in [0.05, 0.1) is 18.8 Å². The molecule has 5 nitrogen and oxygen atoms in total. The van der Waals surface area contributed by atoms with E-state index in [4.69, 9.17) is 32.7 Å². The van der Waals surface area contributed by atoms with E-state index < -0.39 is 5.97 Å². The number of carbonyl (C=O) groups excluding carboxylic acids is 1. The summed E-state index contributed by atoms with van der Waals surface area (Å²) in [6.07, 6.45) is 1.46. The molecule has 0 N–H and O–H groups in total. The van der Waals surface area contributed by atoms with Crippen molar-refractivity contribution in [1.29, 1.82) is 0 Å². The average Bonchev–Trinajstić information content (AvgIpc) is 3.30. The molecule has 0 fully saturated rings. The van der Waals surface area contributed by atoms with Crippen molar-refractivity contribution < 1.29 is 14.3 Å². The Morgan fingerprint density at radius 3 is 2.48 bits per heavy atom. The molecule has 0 radical (unpaired) electrons. The van der Waals surface area contributed by atoms with Crippen molar-refractivity contribution >= 4 is 45.5 Å². The summed E-state index contributed by atoms with van der Waals surface area (Å²) in [7, 11) is 1.34. The number of hydrogen-bond donors (Lipinski definition) is 0. The number of esters is 1. The summed E-state index contributed by atoms with van der Waals surface area (Å²) < 4.78 is 12.7. The molecule has 164 valence electrons. The predicted octanol–water partition coefficient (Wildman–Crippen LogP) is 6.83. The summed E-state index contributed by atoms with van der Waals surface area (Å²) in [5, 5.41) is 6.79. The Labute approximate surface area is 200 Å². The first-order chi connectivity index (χ1) is 16.1. The van der Waals surface area contributed by atoms with Gasteiger partial charge < -0.3 is 9.47 Å². The van der Waals surface area contributed by atoms with Gasteiger partial charge >= 0.3 is 5.97 Å². The monoisotopic (exact) mass is 476 g/mol. The minimum absolute atomic E-state index is 0.277. The van der Waals surface area contributed by atoms with Gasteiger partial charge in [0.1, 0.15) is 12.2 Å². The van der Waals surface area contributed by atoms with E-state index in [9.17, 15) is 4.79 Å². The Kier molecular flexibility index (Phi) is 5.67. The van der Waals surface area contributed by atoms with Crippen molar-refractivity contribution in [2.45, 2.75) is 6.61 Å². The van der Waals surface area contributed by atoms with Crippen LogP contribution in [0.25, 0.3) is 27.4 Å². The molecule has 0 aliphatic rings. The van der Waals surface area contributed by atoms with Crippen LogP contribution in [-0.2, 0) is 11.3 Å². The van der Waals surface area contributed by atoms with Crippen molar-refractivity contribution in [1.82, 2.24) is 9.61 Å². The lowest BCUT2D eigenvalue weighted by Crippen LogP contribution is -2.04. The van der Waals surface area contributed by atoms with Crippen LogP contribution in [0, 0.1) is 0 Å². The maximum absolute atomic E-state index is 12.5. The van der Waals surface area contributed by atoms with Gasteiger partial charge in [-0.15, -0.1) is 0 Å². The zero-order valence-electron chi connectivity index (χ0n) is 17.6. The van der Waals surface area contributed by atoms with Crippen LogP contribution in [0.4, 0.5) is 0 Å². The number of aromatic nitrogens is 2. The smallest absolute Gasteiger partial charge is 0.341 e. The molecule has 0 amide bonds. The number of carbonyl (C=O) groups is 1. The quantitative estimate of drug-likeness (QED) is 0.206. The zero-order valence-corrected chi connectivity index (χ0v) is 19.1. The first-order valence-corrected chi connectivity index (χ1v) is 11.0. The van der Waals surface area contributed by atoms with Crippen molar-refractivity contribution in [3.63, 3.8) is 0 Å². The lowest BCUT2D eigenvalue weighted by molar-refractivity contribution is 0.0603. The Morgan fingerprint density at radius 1 is 0.939 bits per heavy atom. The summed E-state index contributed by atoms with van der Waals surface area (Å²) in [5.74, 6) is -0.00587. The lowest BCUT2D eigenvalue weighted by Gasteiger charge is -2.15. The lowest BCUT2D eigenvalue weighted by atomic mass is 10.00. The van der Waals surface area contributed by atoms with E-state index in [-0.39, 0.29) is 5.15 Å². The molecule has 0 aliphatic carbocycles. The highest BCUT2D eigenvalue weighted by Crippen LogP contribution is 2.40. The van der Waals surface area contributed by atoms with E-state index in [1.807, 2.05) is 72.8 Å². The molecular weight excluding hydrogens is 459 g/mol. The number of pyridine rings is 1. The first-order valence-electron chi connectivity index (χ1n) is 10.2. The van der Waals surface area contributed by atoms with Gasteiger partial charge in [0.15, 0.2) is 10.9 Å². The van der Waals surface area contributed by atoms with Gasteiger partial charge in [0.2, 0.25) is 0 Å². The second-order valence-electron chi connectivity index (χ2n) is 7.48. The van der Waals surface area contributed by atoms with E-state index >= 15 is 0 Å². The third-order valence-corrected chi connectivity index (χ3v) is 6.02. The fourth-order valence-corrected chi connectivity index (χ4v) is 4.35. The van der Waals surface area contributed by atoms with Crippen LogP contribution in [0.5, 0.6) is 5.75 Å². The van der Waals surface area contributed by atoms with E-state index in [1.165, 1.54) is 17.8 Å². The highest BCUT2D eigenvalue weighted by atomic mass is 35.5. The molecular formula is C26H18Cl2N2O3. The molecule has 3 aromatic carbocycles. The molecule has 33 heavy (non-hydrogen) atoms. The second kappa shape index (κ2) is 8.77. The summed E-state index contributed by atoms with van der Waals surface area (Å²) in [6.45, 7) is 0.336. The number of hydrogen-bond acceptors (Lipinski definition) is 4. The van der Waals surface area contributed by atoms with Crippen LogP contribution in [-0.4, -0.2) is 22.7 Å². The van der Waals surface area contributed by atoms with Crippen LogP contribution in [0.2, 0.25) is 10.2 Å². The normalized spacial score (nSPS) is 11.1. The van der Waals surface area contributed by atoms with Gasteiger partial charge in [0, 0.05) is 15.8 Å².